The molecule has 0 saturated carbocycles. The summed E-state index contributed by atoms with van der Waals surface area (Å²) in [5.41, 5.74) is 1.11. The highest BCUT2D eigenvalue weighted by molar-refractivity contribution is 6.31. The smallest absolute Gasteiger partial charge is 0.320 e. The largest absolute Gasteiger partial charge is 0.493 e. The number of halogens is 2. The van der Waals surface area contributed by atoms with E-state index < -0.39 is 17.8 Å². The quantitative estimate of drug-likeness (QED) is 0.663. The summed E-state index contributed by atoms with van der Waals surface area (Å²) in [7, 11) is 1.50. The van der Waals surface area contributed by atoms with E-state index in [9.17, 15) is 14.3 Å². The molecule has 5 nitrogen and oxygen atoms in total. The predicted octanol–water partition coefficient (Wildman–Crippen LogP) is 4.27. The van der Waals surface area contributed by atoms with Gasteiger partial charge in [0.15, 0.2) is 11.5 Å². The van der Waals surface area contributed by atoms with Crippen molar-refractivity contribution in [2.75, 3.05) is 7.11 Å². The predicted molar refractivity (Wildman–Crippen MR) is 102 cm³/mol. The number of ether oxygens (including phenoxy) is 2. The molecule has 2 aromatic rings. The highest BCUT2D eigenvalue weighted by Crippen LogP contribution is 2.30. The van der Waals surface area contributed by atoms with Crippen molar-refractivity contribution in [2.45, 2.75) is 33.0 Å². The molecule has 0 amide bonds. The molecule has 2 aromatic carbocycles. The van der Waals surface area contributed by atoms with Gasteiger partial charge in [-0.1, -0.05) is 37.6 Å². The van der Waals surface area contributed by atoms with E-state index in [4.69, 9.17) is 21.1 Å². The third kappa shape index (κ3) is 5.58. The summed E-state index contributed by atoms with van der Waals surface area (Å²) in [5.74, 6) is -0.454. The van der Waals surface area contributed by atoms with E-state index in [0.717, 1.165) is 5.56 Å². The van der Waals surface area contributed by atoms with Gasteiger partial charge < -0.3 is 19.9 Å². The zero-order valence-corrected chi connectivity index (χ0v) is 16.2. The molecule has 0 aliphatic carbocycles. The lowest BCUT2D eigenvalue weighted by Crippen LogP contribution is -2.40. The third-order valence-corrected chi connectivity index (χ3v) is 4.47. The molecule has 1 atom stereocenters. The number of hydrogen-bond acceptors (Lipinski definition) is 4. The first-order valence-electron chi connectivity index (χ1n) is 8.52. The average molecular weight is 396 g/mol. The minimum Gasteiger partial charge on any atom is -0.493 e. The van der Waals surface area contributed by atoms with E-state index in [1.807, 2.05) is 13.8 Å². The van der Waals surface area contributed by atoms with Crippen molar-refractivity contribution in [3.05, 3.63) is 58.4 Å². The van der Waals surface area contributed by atoms with Gasteiger partial charge in [-0.2, -0.15) is 0 Å². The van der Waals surface area contributed by atoms with Gasteiger partial charge in [0.25, 0.3) is 0 Å². The Morgan fingerprint density at radius 1 is 1.26 bits per heavy atom. The molecule has 1 unspecified atom stereocenters. The SMILES string of the molecule is COc1cc(CNC(C(=O)O)C(C)C)ccc1OCc1c(F)cccc1Cl. The first-order valence-corrected chi connectivity index (χ1v) is 8.90. The second kappa shape index (κ2) is 9.58. The molecule has 0 saturated heterocycles. The molecule has 0 aromatic heterocycles. The summed E-state index contributed by atoms with van der Waals surface area (Å²) in [6.07, 6.45) is 0. The van der Waals surface area contributed by atoms with Gasteiger partial charge in [0, 0.05) is 12.1 Å². The van der Waals surface area contributed by atoms with Crippen LogP contribution in [-0.2, 0) is 17.9 Å². The van der Waals surface area contributed by atoms with E-state index in [2.05, 4.69) is 5.32 Å². The maximum absolute atomic E-state index is 13.9. The number of hydrogen-bond donors (Lipinski definition) is 2. The molecule has 7 heteroatoms. The minimum atomic E-state index is -0.890. The molecular formula is C20H23ClFNO4. The number of aliphatic carboxylic acids is 1. The molecule has 0 heterocycles. The Labute approximate surface area is 163 Å². The molecule has 0 spiro atoms. The van der Waals surface area contributed by atoms with Gasteiger partial charge in [-0.15, -0.1) is 0 Å². The molecule has 27 heavy (non-hydrogen) atoms. The monoisotopic (exact) mass is 395 g/mol. The van der Waals surface area contributed by atoms with Crippen LogP contribution >= 0.6 is 11.6 Å². The maximum Gasteiger partial charge on any atom is 0.320 e. The first-order chi connectivity index (χ1) is 12.8. The molecule has 2 rings (SSSR count). The Kier molecular flexibility index (Phi) is 7.45. The summed E-state index contributed by atoms with van der Waals surface area (Å²) in [4.78, 5) is 11.3. The second-order valence-electron chi connectivity index (χ2n) is 6.41. The molecule has 0 bridgehead atoms. The third-order valence-electron chi connectivity index (χ3n) is 4.12. The number of carboxylic acid groups (broad SMARTS) is 1. The minimum absolute atomic E-state index is 0.0338. The fourth-order valence-corrected chi connectivity index (χ4v) is 2.81. The molecule has 0 aliphatic heterocycles. The Hall–Kier alpha value is -2.31. The van der Waals surface area contributed by atoms with Crippen LogP contribution in [0, 0.1) is 11.7 Å². The van der Waals surface area contributed by atoms with Crippen molar-refractivity contribution in [3.8, 4) is 11.5 Å². The average Bonchev–Trinajstić information content (AvgIpc) is 2.61. The van der Waals surface area contributed by atoms with Crippen molar-refractivity contribution >= 4 is 17.6 Å². The number of carboxylic acids is 1. The van der Waals surface area contributed by atoms with Gasteiger partial charge in [0.1, 0.15) is 18.5 Å². The topological polar surface area (TPSA) is 67.8 Å². The van der Waals surface area contributed by atoms with Crippen molar-refractivity contribution in [1.29, 1.82) is 0 Å². The fourth-order valence-electron chi connectivity index (χ4n) is 2.60. The normalized spacial score (nSPS) is 12.1. The lowest BCUT2D eigenvalue weighted by molar-refractivity contribution is -0.140. The van der Waals surface area contributed by atoms with Crippen molar-refractivity contribution in [1.82, 2.24) is 5.32 Å². The van der Waals surface area contributed by atoms with Gasteiger partial charge >= 0.3 is 5.97 Å². The van der Waals surface area contributed by atoms with Crippen LogP contribution in [0.25, 0.3) is 0 Å². The van der Waals surface area contributed by atoms with Crippen LogP contribution in [0.1, 0.15) is 25.0 Å². The molecular weight excluding hydrogens is 373 g/mol. The van der Waals surface area contributed by atoms with Gasteiger partial charge in [0.2, 0.25) is 0 Å². The van der Waals surface area contributed by atoms with Crippen LogP contribution in [0.2, 0.25) is 5.02 Å². The number of methoxy groups -OCH3 is 1. The molecule has 0 radical (unpaired) electrons. The molecule has 146 valence electrons. The maximum atomic E-state index is 13.9. The highest BCUT2D eigenvalue weighted by atomic mass is 35.5. The number of rotatable bonds is 9. The summed E-state index contributed by atoms with van der Waals surface area (Å²) in [5, 5.41) is 12.6. The summed E-state index contributed by atoms with van der Waals surface area (Å²) in [6.45, 7) is 4.02. The van der Waals surface area contributed by atoms with Gasteiger partial charge in [-0.3, -0.25) is 4.79 Å². The first kappa shape index (κ1) is 21.0. The van der Waals surface area contributed by atoms with Gasteiger partial charge in [0.05, 0.1) is 12.1 Å². The molecule has 0 fully saturated rings. The lowest BCUT2D eigenvalue weighted by atomic mass is 10.0. The van der Waals surface area contributed by atoms with E-state index in [1.165, 1.54) is 19.2 Å². The Bertz CT molecular complexity index is 777. The van der Waals surface area contributed by atoms with Crippen LogP contribution in [0.15, 0.2) is 36.4 Å². The van der Waals surface area contributed by atoms with Crippen LogP contribution in [0.4, 0.5) is 4.39 Å². The number of nitrogens with one attached hydrogen (secondary N) is 1. The highest BCUT2D eigenvalue weighted by Gasteiger charge is 2.20. The molecule has 0 aliphatic rings. The van der Waals surface area contributed by atoms with E-state index >= 15 is 0 Å². The van der Waals surface area contributed by atoms with Crippen LogP contribution in [0.5, 0.6) is 11.5 Å². The van der Waals surface area contributed by atoms with Crippen molar-refractivity contribution in [3.63, 3.8) is 0 Å². The summed E-state index contributed by atoms with van der Waals surface area (Å²) >= 11 is 6.01. The Balaban J connectivity index is 2.08. The Morgan fingerprint density at radius 2 is 2.00 bits per heavy atom. The zero-order chi connectivity index (χ0) is 20.0. The van der Waals surface area contributed by atoms with Crippen molar-refractivity contribution in [2.24, 2.45) is 5.92 Å². The van der Waals surface area contributed by atoms with Gasteiger partial charge in [-0.25, -0.2) is 4.39 Å². The number of carbonyl (C=O) groups is 1. The standard InChI is InChI=1S/C20H23ClFNO4/c1-12(2)19(20(24)25)23-10-13-7-8-17(18(9-13)26-3)27-11-14-15(21)5-4-6-16(14)22/h4-9,12,19,23H,10-11H2,1-3H3,(H,24,25). The van der Waals surface area contributed by atoms with E-state index in [0.29, 0.717) is 23.1 Å². The van der Waals surface area contributed by atoms with Crippen LogP contribution < -0.4 is 14.8 Å². The number of benzene rings is 2. The van der Waals surface area contributed by atoms with E-state index in [1.54, 1.807) is 24.3 Å². The summed E-state index contributed by atoms with van der Waals surface area (Å²) in [6, 6.07) is 9.07. The summed E-state index contributed by atoms with van der Waals surface area (Å²) < 4.78 is 24.9. The van der Waals surface area contributed by atoms with Crippen LogP contribution in [-0.4, -0.2) is 24.2 Å². The van der Waals surface area contributed by atoms with E-state index in [-0.39, 0.29) is 18.1 Å². The van der Waals surface area contributed by atoms with Crippen LogP contribution in [0.3, 0.4) is 0 Å². The fraction of sp³-hybridized carbons (Fsp3) is 0.350. The van der Waals surface area contributed by atoms with Gasteiger partial charge in [-0.05, 0) is 35.7 Å². The Morgan fingerprint density at radius 3 is 2.59 bits per heavy atom. The second-order valence-corrected chi connectivity index (χ2v) is 6.82. The van der Waals surface area contributed by atoms with Crippen molar-refractivity contribution < 1.29 is 23.8 Å². The lowest BCUT2D eigenvalue weighted by Gasteiger charge is -2.18. The zero-order valence-electron chi connectivity index (χ0n) is 15.5. The molecule has 2 N–H and O–H groups in total.